The number of halogens is 5. The summed E-state index contributed by atoms with van der Waals surface area (Å²) in [6, 6.07) is 10.4. The second-order valence-electron chi connectivity index (χ2n) is 8.20. The molecule has 0 spiro atoms. The minimum Gasteiger partial charge on any atom is -0.488 e. The van der Waals surface area contributed by atoms with Gasteiger partial charge in [0.15, 0.2) is 11.6 Å². The number of alkyl halides is 3. The van der Waals surface area contributed by atoms with Gasteiger partial charge in [0, 0.05) is 30.9 Å². The number of carbonyl (C=O) groups is 1. The maximum Gasteiger partial charge on any atom is 0.426 e. The van der Waals surface area contributed by atoms with Gasteiger partial charge < -0.3 is 14.2 Å². The monoisotopic (exact) mass is 518 g/mol. The van der Waals surface area contributed by atoms with E-state index in [0.717, 1.165) is 12.0 Å². The Bertz CT molecular complexity index is 975. The van der Waals surface area contributed by atoms with Gasteiger partial charge in [0.05, 0.1) is 6.61 Å². The van der Waals surface area contributed by atoms with Gasteiger partial charge in [0.25, 0.3) is 0 Å². The molecule has 1 amide bonds. The topological polar surface area (TPSA) is 60.0 Å². The number of ether oxygens (including phenoxy) is 3. The van der Waals surface area contributed by atoms with E-state index in [2.05, 4.69) is 5.32 Å². The minimum atomic E-state index is -4.75. The van der Waals surface area contributed by atoms with Crippen LogP contribution in [0.5, 0.6) is 5.75 Å². The molecule has 1 fully saturated rings. The van der Waals surface area contributed by atoms with E-state index in [4.69, 9.17) is 25.8 Å². The summed E-state index contributed by atoms with van der Waals surface area (Å²) in [6.45, 7) is 0.690. The van der Waals surface area contributed by atoms with Crippen molar-refractivity contribution in [1.29, 1.82) is 0 Å². The van der Waals surface area contributed by atoms with Gasteiger partial charge in [0.1, 0.15) is 6.61 Å². The van der Waals surface area contributed by atoms with Crippen LogP contribution in [0, 0.1) is 5.82 Å². The minimum absolute atomic E-state index is 0.0760. The molecule has 2 aromatic carbocycles. The first kappa shape index (κ1) is 27.0. The third-order valence-electron chi connectivity index (χ3n) is 5.61. The van der Waals surface area contributed by atoms with Gasteiger partial charge in [-0.15, -0.1) is 0 Å². The molecule has 1 heterocycles. The van der Waals surface area contributed by atoms with Crippen LogP contribution in [0.15, 0.2) is 42.5 Å². The van der Waals surface area contributed by atoms with Crippen LogP contribution in [0.4, 0.5) is 28.0 Å². The summed E-state index contributed by atoms with van der Waals surface area (Å²) in [5.74, 6) is -0.562. The van der Waals surface area contributed by atoms with E-state index < -0.39 is 30.7 Å². The number of benzene rings is 2. The van der Waals surface area contributed by atoms with Crippen molar-refractivity contribution in [2.24, 2.45) is 0 Å². The van der Waals surface area contributed by atoms with Crippen LogP contribution in [0.25, 0.3) is 0 Å². The molecule has 0 saturated carbocycles. The van der Waals surface area contributed by atoms with Crippen LogP contribution in [0.2, 0.25) is 5.02 Å². The fraction of sp³-hybridized carbons (Fsp3) is 0.458. The van der Waals surface area contributed by atoms with Crippen molar-refractivity contribution < 1.29 is 36.6 Å². The Balaban J connectivity index is 1.63. The van der Waals surface area contributed by atoms with Crippen molar-refractivity contribution in [2.75, 3.05) is 45.3 Å². The zero-order valence-corrected chi connectivity index (χ0v) is 19.9. The van der Waals surface area contributed by atoms with E-state index in [0.29, 0.717) is 31.1 Å². The summed E-state index contributed by atoms with van der Waals surface area (Å²) in [5, 5.41) is 2.70. The molecule has 11 heteroatoms. The maximum absolute atomic E-state index is 14.1. The standard InChI is InChI=1S/C24H27ClF4N2O4/c1-33-11-12-34-21-13-16(4-9-20(21)26)17-3-2-10-31(14-17)15-22(24(27,28)29)35-23(32)30-19-7-5-18(25)6-8-19/h4-9,13,17,22H,2-3,10-12,14-15H2,1H3,(H,30,32). The fourth-order valence-corrected chi connectivity index (χ4v) is 3.99. The van der Waals surface area contributed by atoms with Crippen molar-refractivity contribution >= 4 is 23.4 Å². The number of nitrogens with one attached hydrogen (secondary N) is 1. The summed E-state index contributed by atoms with van der Waals surface area (Å²) in [5.41, 5.74) is 1.03. The highest BCUT2D eigenvalue weighted by atomic mass is 35.5. The summed E-state index contributed by atoms with van der Waals surface area (Å²) < 4.78 is 70.2. The largest absolute Gasteiger partial charge is 0.488 e. The Kier molecular flexibility index (Phi) is 9.59. The van der Waals surface area contributed by atoms with Crippen molar-refractivity contribution in [3.05, 3.63) is 58.9 Å². The Labute approximate surface area is 206 Å². The van der Waals surface area contributed by atoms with Gasteiger partial charge in [-0.1, -0.05) is 17.7 Å². The van der Waals surface area contributed by atoms with Gasteiger partial charge >= 0.3 is 12.3 Å². The second kappa shape index (κ2) is 12.4. The van der Waals surface area contributed by atoms with Crippen LogP contribution in [-0.2, 0) is 9.47 Å². The highest BCUT2D eigenvalue weighted by Gasteiger charge is 2.44. The van der Waals surface area contributed by atoms with Crippen LogP contribution in [-0.4, -0.2) is 63.2 Å². The average molecular weight is 519 g/mol. The second-order valence-corrected chi connectivity index (χ2v) is 8.63. The first-order valence-corrected chi connectivity index (χ1v) is 11.5. The molecule has 0 bridgehead atoms. The highest BCUT2D eigenvalue weighted by Crippen LogP contribution is 2.32. The van der Waals surface area contributed by atoms with Crippen molar-refractivity contribution in [3.63, 3.8) is 0 Å². The number of likely N-dealkylation sites (tertiary alicyclic amines) is 1. The Morgan fingerprint density at radius 2 is 1.94 bits per heavy atom. The molecule has 192 valence electrons. The van der Waals surface area contributed by atoms with Crippen molar-refractivity contribution in [2.45, 2.75) is 31.0 Å². The molecule has 0 aromatic heterocycles. The lowest BCUT2D eigenvalue weighted by Gasteiger charge is -2.35. The number of rotatable bonds is 9. The normalized spacial score (nSPS) is 17.6. The summed E-state index contributed by atoms with van der Waals surface area (Å²) in [6.07, 6.45) is -6.89. The molecule has 6 nitrogen and oxygen atoms in total. The number of nitrogens with zero attached hydrogens (tertiary/aromatic N) is 1. The first-order valence-electron chi connectivity index (χ1n) is 11.1. The zero-order valence-electron chi connectivity index (χ0n) is 19.1. The Morgan fingerprint density at radius 3 is 2.63 bits per heavy atom. The number of piperidine rings is 1. The maximum atomic E-state index is 14.1. The molecule has 1 aliphatic heterocycles. The van der Waals surface area contributed by atoms with E-state index in [9.17, 15) is 22.4 Å². The lowest BCUT2D eigenvalue weighted by atomic mass is 9.90. The third kappa shape index (κ3) is 8.26. The summed E-state index contributed by atoms with van der Waals surface area (Å²) >= 11 is 5.77. The third-order valence-corrected chi connectivity index (χ3v) is 5.86. The zero-order chi connectivity index (χ0) is 25.4. The lowest BCUT2D eigenvalue weighted by Crippen LogP contribution is -2.47. The van der Waals surface area contributed by atoms with Gasteiger partial charge in [-0.25, -0.2) is 9.18 Å². The molecule has 1 saturated heterocycles. The van der Waals surface area contributed by atoms with Crippen LogP contribution in [0.3, 0.4) is 0 Å². The molecule has 35 heavy (non-hydrogen) atoms. The molecule has 2 unspecified atom stereocenters. The van der Waals surface area contributed by atoms with Crippen molar-refractivity contribution in [1.82, 2.24) is 4.90 Å². The molecule has 1 aliphatic rings. The summed E-state index contributed by atoms with van der Waals surface area (Å²) in [4.78, 5) is 13.7. The number of hydrogen-bond donors (Lipinski definition) is 1. The molecular formula is C24H27ClF4N2O4. The van der Waals surface area contributed by atoms with Crippen LogP contribution < -0.4 is 10.1 Å². The molecule has 2 atom stereocenters. The SMILES string of the molecule is COCCOc1cc(C2CCCN(CC(OC(=O)Nc3ccc(Cl)cc3)C(F)(F)F)C2)ccc1F. The molecule has 0 radical (unpaired) electrons. The van der Waals surface area contributed by atoms with Crippen molar-refractivity contribution in [3.8, 4) is 5.75 Å². The van der Waals surface area contributed by atoms with E-state index in [1.54, 1.807) is 17.0 Å². The van der Waals surface area contributed by atoms with Crippen LogP contribution in [0.1, 0.15) is 24.3 Å². The number of amides is 1. The van der Waals surface area contributed by atoms with E-state index in [1.807, 2.05) is 0 Å². The van der Waals surface area contributed by atoms with E-state index >= 15 is 0 Å². The Hall–Kier alpha value is -2.56. The van der Waals surface area contributed by atoms with Gasteiger partial charge in [-0.3, -0.25) is 10.2 Å². The molecule has 3 rings (SSSR count). The van der Waals surface area contributed by atoms with Gasteiger partial charge in [0.2, 0.25) is 6.10 Å². The lowest BCUT2D eigenvalue weighted by molar-refractivity contribution is -0.207. The molecule has 0 aliphatic carbocycles. The van der Waals surface area contributed by atoms with Crippen LogP contribution >= 0.6 is 11.6 Å². The number of anilines is 1. The average Bonchev–Trinajstić information content (AvgIpc) is 2.81. The fourth-order valence-electron chi connectivity index (χ4n) is 3.86. The predicted molar refractivity (Wildman–Crippen MR) is 124 cm³/mol. The number of methoxy groups -OCH3 is 1. The Morgan fingerprint density at radius 1 is 1.20 bits per heavy atom. The number of hydrogen-bond acceptors (Lipinski definition) is 5. The molecule has 1 N–H and O–H groups in total. The quantitative estimate of drug-likeness (QED) is 0.333. The summed E-state index contributed by atoms with van der Waals surface area (Å²) in [7, 11) is 1.51. The molecule has 2 aromatic rings. The smallest absolute Gasteiger partial charge is 0.426 e. The van der Waals surface area contributed by atoms with E-state index in [1.165, 1.54) is 37.4 Å². The van der Waals surface area contributed by atoms with Gasteiger partial charge in [-0.2, -0.15) is 13.2 Å². The predicted octanol–water partition coefficient (Wildman–Crippen LogP) is 5.86. The van der Waals surface area contributed by atoms with Gasteiger partial charge in [-0.05, 0) is 67.3 Å². The van der Waals surface area contributed by atoms with E-state index in [-0.39, 0.29) is 24.0 Å². The number of carbonyl (C=O) groups excluding carboxylic acids is 1. The molecular weight excluding hydrogens is 492 g/mol. The first-order chi connectivity index (χ1) is 16.7. The highest BCUT2D eigenvalue weighted by molar-refractivity contribution is 6.30.